The van der Waals surface area contributed by atoms with Crippen LogP contribution in [0, 0.1) is 5.82 Å². The second-order valence-electron chi connectivity index (χ2n) is 5.28. The molecule has 1 atom stereocenters. The molecule has 0 aromatic heterocycles. The number of hydrogen-bond acceptors (Lipinski definition) is 1. The van der Waals surface area contributed by atoms with Crippen molar-refractivity contribution in [1.29, 1.82) is 0 Å². The van der Waals surface area contributed by atoms with E-state index in [9.17, 15) is 9.50 Å². The van der Waals surface area contributed by atoms with Crippen molar-refractivity contribution in [3.63, 3.8) is 0 Å². The van der Waals surface area contributed by atoms with Gasteiger partial charge in [-0.25, -0.2) is 4.39 Å². The highest BCUT2D eigenvalue weighted by Gasteiger charge is 2.18. The van der Waals surface area contributed by atoms with Crippen LogP contribution in [0.15, 0.2) is 40.9 Å². The molecule has 0 fully saturated rings. The molecule has 104 valence electrons. The Morgan fingerprint density at radius 2 is 1.80 bits per heavy atom. The third kappa shape index (κ3) is 2.52. The Hall–Kier alpha value is -1.19. The van der Waals surface area contributed by atoms with Crippen molar-refractivity contribution >= 4 is 15.9 Å². The molecule has 0 saturated heterocycles. The average Bonchev–Trinajstić information content (AvgIpc) is 2.49. The van der Waals surface area contributed by atoms with Crippen LogP contribution in [-0.2, 0) is 12.8 Å². The predicted molar refractivity (Wildman–Crippen MR) is 81.2 cm³/mol. The van der Waals surface area contributed by atoms with Gasteiger partial charge < -0.3 is 5.11 Å². The van der Waals surface area contributed by atoms with Gasteiger partial charge in [0.2, 0.25) is 0 Å². The summed E-state index contributed by atoms with van der Waals surface area (Å²) in [4.78, 5) is 0. The van der Waals surface area contributed by atoms with Crippen LogP contribution in [0.3, 0.4) is 0 Å². The Bertz CT molecular complexity index is 639. The molecule has 1 aliphatic carbocycles. The average molecular weight is 335 g/mol. The Balaban J connectivity index is 1.98. The third-order valence-electron chi connectivity index (χ3n) is 3.96. The van der Waals surface area contributed by atoms with Gasteiger partial charge in [0.15, 0.2) is 0 Å². The molecule has 2 aromatic carbocycles. The molecule has 2 aromatic rings. The summed E-state index contributed by atoms with van der Waals surface area (Å²) >= 11 is 3.22. The summed E-state index contributed by atoms with van der Waals surface area (Å²) in [7, 11) is 0. The van der Waals surface area contributed by atoms with E-state index in [0.717, 1.165) is 18.4 Å². The standard InChI is InChI=1S/C17H16BrFO/c18-16-14(6-3-7-15(16)19)17(20)13-9-8-11-4-1-2-5-12(11)10-13/h3,6-10,17,20H,1-2,4-5H2. The summed E-state index contributed by atoms with van der Waals surface area (Å²) in [5.41, 5.74) is 4.10. The second kappa shape index (κ2) is 5.66. The lowest BCUT2D eigenvalue weighted by Gasteiger charge is -2.19. The zero-order valence-corrected chi connectivity index (χ0v) is 12.7. The second-order valence-corrected chi connectivity index (χ2v) is 6.07. The molecule has 0 spiro atoms. The molecule has 1 N–H and O–H groups in total. The monoisotopic (exact) mass is 334 g/mol. The number of hydrogen-bond donors (Lipinski definition) is 1. The van der Waals surface area contributed by atoms with Crippen molar-refractivity contribution in [2.24, 2.45) is 0 Å². The van der Waals surface area contributed by atoms with Crippen LogP contribution in [0.2, 0.25) is 0 Å². The van der Waals surface area contributed by atoms with Crippen LogP contribution in [0.4, 0.5) is 4.39 Å². The third-order valence-corrected chi connectivity index (χ3v) is 4.80. The van der Waals surface area contributed by atoms with Gasteiger partial charge in [0.05, 0.1) is 4.47 Å². The molecule has 20 heavy (non-hydrogen) atoms. The molecule has 3 rings (SSSR count). The maximum atomic E-state index is 13.6. The van der Waals surface area contributed by atoms with Crippen LogP contribution in [0.1, 0.15) is 41.2 Å². The fourth-order valence-corrected chi connectivity index (χ4v) is 3.32. The molecule has 3 heteroatoms. The summed E-state index contributed by atoms with van der Waals surface area (Å²) in [6.07, 6.45) is 3.84. The molecule has 0 amide bonds. The molecule has 0 radical (unpaired) electrons. The van der Waals surface area contributed by atoms with Crippen molar-refractivity contribution in [3.05, 3.63) is 68.9 Å². The van der Waals surface area contributed by atoms with Gasteiger partial charge in [0.1, 0.15) is 11.9 Å². The highest BCUT2D eigenvalue weighted by Crippen LogP contribution is 2.32. The molecule has 0 heterocycles. The minimum atomic E-state index is -0.799. The zero-order valence-electron chi connectivity index (χ0n) is 11.1. The van der Waals surface area contributed by atoms with Gasteiger partial charge in [-0.05, 0) is 64.4 Å². The molecule has 0 saturated carbocycles. The van der Waals surface area contributed by atoms with E-state index >= 15 is 0 Å². The van der Waals surface area contributed by atoms with Crippen molar-refractivity contribution in [1.82, 2.24) is 0 Å². The lowest BCUT2D eigenvalue weighted by atomic mass is 9.88. The van der Waals surface area contributed by atoms with Gasteiger partial charge in [-0.2, -0.15) is 0 Å². The minimum absolute atomic E-state index is 0.338. The number of aliphatic hydroxyl groups excluding tert-OH is 1. The number of rotatable bonds is 2. The van der Waals surface area contributed by atoms with E-state index in [2.05, 4.69) is 28.1 Å². The smallest absolute Gasteiger partial charge is 0.137 e. The van der Waals surface area contributed by atoms with Gasteiger partial charge >= 0.3 is 0 Å². The number of aryl methyl sites for hydroxylation is 2. The van der Waals surface area contributed by atoms with Gasteiger partial charge in [-0.3, -0.25) is 0 Å². The van der Waals surface area contributed by atoms with E-state index in [-0.39, 0.29) is 5.82 Å². The molecular weight excluding hydrogens is 319 g/mol. The van der Waals surface area contributed by atoms with E-state index in [1.165, 1.54) is 30.0 Å². The Kier molecular flexibility index (Phi) is 3.90. The summed E-state index contributed by atoms with van der Waals surface area (Å²) in [6.45, 7) is 0. The van der Waals surface area contributed by atoms with Gasteiger partial charge in [-0.15, -0.1) is 0 Å². The highest BCUT2D eigenvalue weighted by atomic mass is 79.9. The lowest BCUT2D eigenvalue weighted by Crippen LogP contribution is -2.07. The Labute approximate surface area is 126 Å². The van der Waals surface area contributed by atoms with E-state index in [4.69, 9.17) is 0 Å². The van der Waals surface area contributed by atoms with Crippen LogP contribution in [0.5, 0.6) is 0 Å². The largest absolute Gasteiger partial charge is 0.384 e. The number of benzene rings is 2. The molecule has 0 bridgehead atoms. The van der Waals surface area contributed by atoms with E-state index in [1.807, 2.05) is 6.07 Å². The predicted octanol–water partition coefficient (Wildman–Crippen LogP) is 4.55. The van der Waals surface area contributed by atoms with Crippen LogP contribution < -0.4 is 0 Å². The number of fused-ring (bicyclic) bond motifs is 1. The maximum Gasteiger partial charge on any atom is 0.137 e. The van der Waals surface area contributed by atoms with E-state index in [1.54, 1.807) is 12.1 Å². The van der Waals surface area contributed by atoms with Crippen molar-refractivity contribution in [2.75, 3.05) is 0 Å². The van der Waals surface area contributed by atoms with E-state index < -0.39 is 6.10 Å². The Morgan fingerprint density at radius 1 is 1.05 bits per heavy atom. The lowest BCUT2D eigenvalue weighted by molar-refractivity contribution is 0.218. The first-order valence-electron chi connectivity index (χ1n) is 6.90. The first-order chi connectivity index (χ1) is 9.66. The Morgan fingerprint density at radius 3 is 2.60 bits per heavy atom. The van der Waals surface area contributed by atoms with Crippen molar-refractivity contribution in [2.45, 2.75) is 31.8 Å². The van der Waals surface area contributed by atoms with Gasteiger partial charge in [0, 0.05) is 5.56 Å². The topological polar surface area (TPSA) is 20.2 Å². The quantitative estimate of drug-likeness (QED) is 0.854. The van der Waals surface area contributed by atoms with E-state index in [0.29, 0.717) is 10.0 Å². The maximum absolute atomic E-state index is 13.6. The normalized spacial score (nSPS) is 15.8. The van der Waals surface area contributed by atoms with Crippen molar-refractivity contribution < 1.29 is 9.50 Å². The van der Waals surface area contributed by atoms with Crippen molar-refractivity contribution in [3.8, 4) is 0 Å². The molecule has 1 nitrogen and oxygen atoms in total. The minimum Gasteiger partial charge on any atom is -0.384 e. The first-order valence-corrected chi connectivity index (χ1v) is 7.70. The number of aliphatic hydroxyl groups is 1. The molecule has 1 unspecified atom stereocenters. The molecule has 0 aliphatic heterocycles. The van der Waals surface area contributed by atoms with Crippen LogP contribution in [0.25, 0.3) is 0 Å². The summed E-state index contributed by atoms with van der Waals surface area (Å²) in [6, 6.07) is 10.9. The number of halogens is 2. The zero-order chi connectivity index (χ0) is 14.1. The fourth-order valence-electron chi connectivity index (χ4n) is 2.83. The highest BCUT2D eigenvalue weighted by molar-refractivity contribution is 9.10. The first kappa shape index (κ1) is 13.8. The van der Waals surface area contributed by atoms with Gasteiger partial charge in [0.25, 0.3) is 0 Å². The van der Waals surface area contributed by atoms with Gasteiger partial charge in [-0.1, -0.05) is 30.3 Å². The fraction of sp³-hybridized carbons (Fsp3) is 0.294. The molecular formula is C17H16BrFO. The molecule has 1 aliphatic rings. The van der Waals surface area contributed by atoms with Crippen LogP contribution >= 0.6 is 15.9 Å². The summed E-state index contributed by atoms with van der Waals surface area (Å²) in [5, 5.41) is 10.5. The SMILES string of the molecule is OC(c1ccc2c(c1)CCCC2)c1cccc(F)c1Br. The summed E-state index contributed by atoms with van der Waals surface area (Å²) < 4.78 is 13.9. The summed E-state index contributed by atoms with van der Waals surface area (Å²) in [5.74, 6) is -0.348. The van der Waals surface area contributed by atoms with Crippen LogP contribution in [-0.4, -0.2) is 5.11 Å².